The molecule has 2 N–H and O–H groups in total. The van der Waals surface area contributed by atoms with E-state index in [2.05, 4.69) is 10.2 Å². The third-order valence-corrected chi connectivity index (χ3v) is 1.87. The Morgan fingerprint density at radius 2 is 2.46 bits per heavy atom. The lowest BCUT2D eigenvalue weighted by molar-refractivity contribution is -0.121. The Balaban J connectivity index is 2.18. The van der Waals surface area contributed by atoms with Crippen LogP contribution in [0.1, 0.15) is 6.92 Å². The maximum Gasteiger partial charge on any atom is 0.279 e. The molecule has 1 unspecified atom stereocenters. The largest absolute Gasteiger partial charge is 0.326 e. The summed E-state index contributed by atoms with van der Waals surface area (Å²) in [5.74, 6) is -0.107. The van der Waals surface area contributed by atoms with Crippen molar-refractivity contribution in [2.24, 2.45) is 15.9 Å². The highest BCUT2D eigenvalue weighted by atomic mass is 16.2. The minimum absolute atomic E-state index is 0.0304. The number of nitrogens with zero attached hydrogens (tertiary/aromatic N) is 3. The van der Waals surface area contributed by atoms with Gasteiger partial charge in [0.05, 0.1) is 6.21 Å². The highest BCUT2D eigenvalue weighted by Gasteiger charge is 2.31. The Kier molecular flexibility index (Phi) is 1.73. The molecule has 1 atom stereocenters. The van der Waals surface area contributed by atoms with Crippen molar-refractivity contribution in [2.75, 3.05) is 6.54 Å². The van der Waals surface area contributed by atoms with Gasteiger partial charge in [-0.1, -0.05) is 0 Å². The summed E-state index contributed by atoms with van der Waals surface area (Å²) in [5.41, 5.74) is 6.80. The van der Waals surface area contributed by atoms with Gasteiger partial charge in [-0.3, -0.25) is 4.79 Å². The zero-order valence-corrected chi connectivity index (χ0v) is 7.27. The van der Waals surface area contributed by atoms with E-state index in [1.807, 2.05) is 6.92 Å². The lowest BCUT2D eigenvalue weighted by atomic mass is 10.2. The minimum atomic E-state index is -0.107. The maximum absolute atomic E-state index is 11.5. The Morgan fingerprint density at radius 1 is 1.69 bits per heavy atom. The first-order valence-electron chi connectivity index (χ1n) is 4.08. The fourth-order valence-corrected chi connectivity index (χ4v) is 1.34. The number of carbonyl (C=O) groups is 1. The summed E-state index contributed by atoms with van der Waals surface area (Å²) >= 11 is 0. The molecule has 0 radical (unpaired) electrons. The molecule has 0 saturated heterocycles. The summed E-state index contributed by atoms with van der Waals surface area (Å²) in [7, 11) is 0. The summed E-state index contributed by atoms with van der Waals surface area (Å²) in [6, 6.07) is -0.0304. The number of rotatable bonds is 2. The Bertz CT molecular complexity index is 340. The number of hydrogen-bond acceptors (Lipinski definition) is 4. The molecule has 1 amide bonds. The monoisotopic (exact) mass is 178 g/mol. The average molecular weight is 178 g/mol. The molecule has 0 aromatic rings. The average Bonchev–Trinajstić information content (AvgIpc) is 2.56. The van der Waals surface area contributed by atoms with Crippen LogP contribution in [-0.4, -0.2) is 35.3 Å². The van der Waals surface area contributed by atoms with Gasteiger partial charge < -0.3 is 10.6 Å². The van der Waals surface area contributed by atoms with Crippen molar-refractivity contribution in [3.8, 4) is 0 Å². The van der Waals surface area contributed by atoms with E-state index < -0.39 is 0 Å². The normalized spacial score (nSPS) is 21.7. The Labute approximate surface area is 75.6 Å². The maximum atomic E-state index is 11.5. The van der Waals surface area contributed by atoms with Gasteiger partial charge in [-0.2, -0.15) is 5.10 Å². The quantitative estimate of drug-likeness (QED) is 0.619. The van der Waals surface area contributed by atoms with E-state index in [1.54, 1.807) is 17.3 Å². The van der Waals surface area contributed by atoms with Gasteiger partial charge in [0.1, 0.15) is 0 Å². The zero-order valence-electron chi connectivity index (χ0n) is 7.27. The van der Waals surface area contributed by atoms with Crippen molar-refractivity contribution >= 4 is 17.8 Å². The molecule has 2 rings (SSSR count). The number of amides is 1. The third kappa shape index (κ3) is 1.27. The van der Waals surface area contributed by atoms with Crippen LogP contribution in [0.4, 0.5) is 0 Å². The first-order valence-corrected chi connectivity index (χ1v) is 4.08. The lowest BCUT2D eigenvalue weighted by Crippen LogP contribution is -2.36. The molecular weight excluding hydrogens is 168 g/mol. The van der Waals surface area contributed by atoms with Crippen LogP contribution in [0.2, 0.25) is 0 Å². The predicted molar refractivity (Wildman–Crippen MR) is 49.4 cm³/mol. The SMILES string of the molecule is CC(N)CN1C=C2C=NN=C2C1=O. The second-order valence-corrected chi connectivity index (χ2v) is 3.21. The molecule has 0 spiro atoms. The van der Waals surface area contributed by atoms with E-state index >= 15 is 0 Å². The van der Waals surface area contributed by atoms with Gasteiger partial charge in [-0.05, 0) is 6.92 Å². The molecule has 0 bridgehead atoms. The van der Waals surface area contributed by atoms with E-state index in [0.717, 1.165) is 5.57 Å². The summed E-state index contributed by atoms with van der Waals surface area (Å²) in [4.78, 5) is 13.1. The predicted octanol–water partition coefficient (Wildman–Crippen LogP) is -0.500. The molecule has 0 fully saturated rings. The van der Waals surface area contributed by atoms with Gasteiger partial charge in [0, 0.05) is 24.4 Å². The molecule has 0 aromatic carbocycles. The highest BCUT2D eigenvalue weighted by Crippen LogP contribution is 2.16. The topological polar surface area (TPSA) is 71.0 Å². The number of fused-ring (bicyclic) bond motifs is 1. The standard InChI is InChI=1S/C8H10N4O/c1-5(9)3-12-4-6-2-10-11-7(6)8(12)13/h2,4-5H,3,9H2,1H3. The van der Waals surface area contributed by atoms with E-state index in [-0.39, 0.29) is 11.9 Å². The van der Waals surface area contributed by atoms with E-state index in [4.69, 9.17) is 5.73 Å². The molecule has 68 valence electrons. The molecule has 13 heavy (non-hydrogen) atoms. The van der Waals surface area contributed by atoms with E-state index in [0.29, 0.717) is 12.3 Å². The summed E-state index contributed by atoms with van der Waals surface area (Å²) in [5, 5.41) is 7.37. The summed E-state index contributed by atoms with van der Waals surface area (Å²) < 4.78 is 0. The van der Waals surface area contributed by atoms with Crippen LogP contribution in [0.15, 0.2) is 22.0 Å². The molecule has 0 aliphatic carbocycles. The smallest absolute Gasteiger partial charge is 0.279 e. The van der Waals surface area contributed by atoms with E-state index in [1.165, 1.54) is 0 Å². The van der Waals surface area contributed by atoms with Gasteiger partial charge in [-0.25, -0.2) is 0 Å². The second kappa shape index (κ2) is 2.77. The van der Waals surface area contributed by atoms with E-state index in [9.17, 15) is 4.79 Å². The molecule has 0 saturated carbocycles. The lowest BCUT2D eigenvalue weighted by Gasteiger charge is -2.15. The van der Waals surface area contributed by atoms with Crippen molar-refractivity contribution in [1.29, 1.82) is 0 Å². The first-order chi connectivity index (χ1) is 6.18. The van der Waals surface area contributed by atoms with Crippen LogP contribution in [0.25, 0.3) is 0 Å². The van der Waals surface area contributed by atoms with Gasteiger partial charge in [0.2, 0.25) is 0 Å². The van der Waals surface area contributed by atoms with Crippen molar-refractivity contribution in [3.63, 3.8) is 0 Å². The fraction of sp³-hybridized carbons (Fsp3) is 0.375. The molecule has 5 nitrogen and oxygen atoms in total. The molecule has 2 aliphatic heterocycles. The highest BCUT2D eigenvalue weighted by molar-refractivity contribution is 6.52. The van der Waals surface area contributed by atoms with Crippen molar-refractivity contribution < 1.29 is 4.79 Å². The van der Waals surface area contributed by atoms with Gasteiger partial charge in [-0.15, -0.1) is 5.10 Å². The van der Waals surface area contributed by atoms with Crippen LogP contribution >= 0.6 is 0 Å². The fourth-order valence-electron chi connectivity index (χ4n) is 1.34. The number of hydrogen-bond donors (Lipinski definition) is 1. The van der Waals surface area contributed by atoms with Crippen molar-refractivity contribution in [1.82, 2.24) is 4.90 Å². The van der Waals surface area contributed by atoms with Crippen LogP contribution in [-0.2, 0) is 4.79 Å². The number of carbonyl (C=O) groups excluding carboxylic acids is 1. The summed E-state index contributed by atoms with van der Waals surface area (Å²) in [6.07, 6.45) is 3.31. The molecule has 2 aliphatic rings. The Hall–Kier alpha value is -1.49. The summed E-state index contributed by atoms with van der Waals surface area (Å²) in [6.45, 7) is 2.38. The number of nitrogens with two attached hydrogens (primary N) is 1. The second-order valence-electron chi connectivity index (χ2n) is 3.21. The van der Waals surface area contributed by atoms with Crippen molar-refractivity contribution in [2.45, 2.75) is 13.0 Å². The molecule has 2 heterocycles. The zero-order chi connectivity index (χ0) is 9.42. The van der Waals surface area contributed by atoms with Crippen LogP contribution < -0.4 is 5.73 Å². The van der Waals surface area contributed by atoms with Gasteiger partial charge in [0.25, 0.3) is 5.91 Å². The van der Waals surface area contributed by atoms with Crippen LogP contribution in [0, 0.1) is 0 Å². The van der Waals surface area contributed by atoms with Crippen LogP contribution in [0.5, 0.6) is 0 Å². The van der Waals surface area contributed by atoms with Crippen molar-refractivity contribution in [3.05, 3.63) is 11.8 Å². The minimum Gasteiger partial charge on any atom is -0.326 e. The molecule has 5 heteroatoms. The van der Waals surface area contributed by atoms with Crippen LogP contribution in [0.3, 0.4) is 0 Å². The molecular formula is C8H10N4O. The third-order valence-electron chi connectivity index (χ3n) is 1.87. The Morgan fingerprint density at radius 3 is 3.08 bits per heavy atom. The molecule has 0 aromatic heterocycles. The first kappa shape index (κ1) is 8.12. The van der Waals surface area contributed by atoms with Gasteiger partial charge >= 0.3 is 0 Å². The van der Waals surface area contributed by atoms with Gasteiger partial charge in [0.15, 0.2) is 5.71 Å².